The summed E-state index contributed by atoms with van der Waals surface area (Å²) in [6.45, 7) is 2.35. The van der Waals surface area contributed by atoms with Crippen molar-refractivity contribution in [1.29, 1.82) is 0 Å². The number of benzene rings is 4. The summed E-state index contributed by atoms with van der Waals surface area (Å²) in [6, 6.07) is 26.7. The van der Waals surface area contributed by atoms with E-state index in [1.807, 2.05) is 120 Å². The van der Waals surface area contributed by atoms with Crippen LogP contribution < -0.4 is 32.3 Å². The number of fused-ring (bicyclic) bond motifs is 6. The molecule has 2 aliphatic carbocycles. The van der Waals surface area contributed by atoms with Gasteiger partial charge in [0, 0.05) is 32.5 Å². The number of likely N-dealkylation sites (tertiary alicyclic amines) is 2. The molecule has 0 unspecified atom stereocenters. The van der Waals surface area contributed by atoms with Gasteiger partial charge in [0.05, 0.1) is 18.1 Å². The molecule has 2 heterocycles. The number of carbonyl (C=O) groups excluding carboxylic acids is 6. The fourth-order valence-electron chi connectivity index (χ4n) is 9.65. The first-order chi connectivity index (χ1) is 32.0. The van der Waals surface area contributed by atoms with Gasteiger partial charge >= 0.3 is 0 Å². The molecule has 342 valence electrons. The quantitative estimate of drug-likeness (QED) is 0.0623. The molecule has 4 aliphatic rings. The van der Waals surface area contributed by atoms with E-state index in [1.165, 1.54) is 9.80 Å². The van der Waals surface area contributed by atoms with Crippen LogP contribution in [0.2, 0.25) is 0 Å². The molecule has 2 fully saturated rings. The highest BCUT2D eigenvalue weighted by atomic mass is 127. The minimum Gasteiger partial charge on any atom is -0.343 e. The average molecular weight is 1000 g/mol. The normalized spacial score (nSPS) is 18.9. The molecule has 15 heteroatoms. The van der Waals surface area contributed by atoms with Gasteiger partial charge in [-0.05, 0) is 84.2 Å². The molecule has 7 N–H and O–H groups in total. The first kappa shape index (κ1) is 46.4. The average Bonchev–Trinajstić information content (AvgIpc) is 4.16. The van der Waals surface area contributed by atoms with Crippen molar-refractivity contribution in [2.75, 3.05) is 26.7 Å². The van der Waals surface area contributed by atoms with Crippen molar-refractivity contribution in [3.63, 3.8) is 0 Å². The van der Waals surface area contributed by atoms with Crippen LogP contribution in [0.5, 0.6) is 0 Å². The number of likely N-dealkylation sites (N-methyl/N-ethyl adjacent to an activating group) is 1. The molecule has 2 aliphatic heterocycles. The Morgan fingerprint density at radius 3 is 1.35 bits per heavy atom. The molecule has 0 radical (unpaired) electrons. The standard InChI is InChI=1S/C51H55IN8O6/c1-30(54-2)46(61)55-40(50(65)59-27-13-25-42(59)48(63)57-44-35-19-7-3-15-31(35)32-16-4-8-20-36(32)44)23-11-12-24-41(56-47(62)39(52)29-53)51(66)60-28-14-26-43(60)49(64)58-45-37-21-9-5-17-33(37)34-18-6-10-22-38(34)45/h3-10,15-22,30,39-45,54H,13-14,23-29,53H2,1-2H3,(H,55,61)(H,56,62)(H,57,63)(H,58,64)/t30-,39+,40-,41-,42-,43-/m0/s1. The van der Waals surface area contributed by atoms with Crippen LogP contribution in [0.1, 0.15) is 79.8 Å². The molecule has 14 nitrogen and oxygen atoms in total. The Morgan fingerprint density at radius 1 is 0.621 bits per heavy atom. The van der Waals surface area contributed by atoms with Crippen molar-refractivity contribution in [2.45, 2.75) is 91.7 Å². The predicted octanol–water partition coefficient (Wildman–Crippen LogP) is 3.86. The van der Waals surface area contributed by atoms with Crippen molar-refractivity contribution in [3.8, 4) is 34.1 Å². The summed E-state index contributed by atoms with van der Waals surface area (Å²) in [6.07, 6.45) is 1.84. The number of halogens is 1. The number of amides is 6. The van der Waals surface area contributed by atoms with Crippen LogP contribution in [-0.2, 0) is 28.8 Å². The van der Waals surface area contributed by atoms with E-state index >= 15 is 0 Å². The Kier molecular flexibility index (Phi) is 14.5. The second kappa shape index (κ2) is 20.6. The van der Waals surface area contributed by atoms with Gasteiger partial charge in [0.25, 0.3) is 0 Å². The largest absolute Gasteiger partial charge is 0.343 e. The van der Waals surface area contributed by atoms with Gasteiger partial charge in [-0.1, -0.05) is 120 Å². The van der Waals surface area contributed by atoms with E-state index in [2.05, 4.69) is 38.4 Å². The van der Waals surface area contributed by atoms with Crippen LogP contribution in [0.15, 0.2) is 97.1 Å². The number of alkyl halides is 1. The van der Waals surface area contributed by atoms with E-state index in [0.717, 1.165) is 44.5 Å². The van der Waals surface area contributed by atoms with Crippen LogP contribution in [0.4, 0.5) is 0 Å². The highest BCUT2D eigenvalue weighted by Gasteiger charge is 2.42. The Bertz CT molecular complexity index is 2330. The maximum atomic E-state index is 14.4. The van der Waals surface area contributed by atoms with Gasteiger partial charge in [-0.2, -0.15) is 0 Å². The maximum Gasteiger partial charge on any atom is 0.246 e. The number of rotatable bonds is 14. The van der Waals surface area contributed by atoms with E-state index < -0.39 is 57.8 Å². The monoisotopic (exact) mass is 1000 g/mol. The summed E-state index contributed by atoms with van der Waals surface area (Å²) >= 11 is 1.92. The Balaban J connectivity index is 0.976. The second-order valence-electron chi connectivity index (χ2n) is 17.2. The lowest BCUT2D eigenvalue weighted by molar-refractivity contribution is -0.141. The summed E-state index contributed by atoms with van der Waals surface area (Å²) in [5, 5.41) is 15.0. The third kappa shape index (κ3) is 9.45. The third-order valence-electron chi connectivity index (χ3n) is 13.2. The van der Waals surface area contributed by atoms with E-state index in [4.69, 9.17) is 5.73 Å². The predicted molar refractivity (Wildman–Crippen MR) is 259 cm³/mol. The van der Waals surface area contributed by atoms with Gasteiger partial charge in [0.2, 0.25) is 35.4 Å². The van der Waals surface area contributed by atoms with Gasteiger partial charge in [0.1, 0.15) is 28.1 Å². The molecule has 66 heavy (non-hydrogen) atoms. The summed E-state index contributed by atoms with van der Waals surface area (Å²) in [7, 11) is 1.64. The number of nitrogens with one attached hydrogen (secondary N) is 5. The number of nitrogens with zero attached hydrogens (tertiary/aromatic N) is 2. The van der Waals surface area contributed by atoms with Crippen molar-refractivity contribution >= 4 is 58.0 Å². The lowest BCUT2D eigenvalue weighted by Gasteiger charge is -2.30. The van der Waals surface area contributed by atoms with Crippen LogP contribution in [0, 0.1) is 11.8 Å². The van der Waals surface area contributed by atoms with Gasteiger partial charge in [-0.25, -0.2) is 0 Å². The van der Waals surface area contributed by atoms with E-state index in [1.54, 1.807) is 14.0 Å². The summed E-state index contributed by atoms with van der Waals surface area (Å²) in [5.41, 5.74) is 14.0. The molecule has 8 rings (SSSR count). The van der Waals surface area contributed by atoms with E-state index in [-0.39, 0.29) is 43.3 Å². The second-order valence-corrected chi connectivity index (χ2v) is 18.7. The van der Waals surface area contributed by atoms with Gasteiger partial charge in [-0.15, -0.1) is 11.8 Å². The lowest BCUT2D eigenvalue weighted by Crippen LogP contribution is -2.55. The number of carbonyl (C=O) groups is 6. The third-order valence-corrected chi connectivity index (χ3v) is 14.3. The van der Waals surface area contributed by atoms with Gasteiger partial charge < -0.3 is 42.1 Å². The SMILES string of the molecule is CN[C@@H](C)C(=O)N[C@@H](CC#CC[C@H](NC(=O)[C@H](I)CN)C(=O)N1CCC[C@H]1C(=O)NC1c2ccccc2-c2ccccc21)C(=O)N1CCC[C@H]1C(=O)NC1c2ccccc2-c2ccccc21. The van der Waals surface area contributed by atoms with Crippen LogP contribution in [-0.4, -0.2) is 106 Å². The molecule has 4 aromatic rings. The highest BCUT2D eigenvalue weighted by molar-refractivity contribution is 14.1. The molecule has 0 saturated carbocycles. The smallest absolute Gasteiger partial charge is 0.246 e. The van der Waals surface area contributed by atoms with Crippen molar-refractivity contribution in [2.24, 2.45) is 5.73 Å². The van der Waals surface area contributed by atoms with Crippen LogP contribution in [0.3, 0.4) is 0 Å². The lowest BCUT2D eigenvalue weighted by atomic mass is 10.0. The molecular formula is C51H55IN8O6. The molecule has 6 atom stereocenters. The molecule has 2 saturated heterocycles. The van der Waals surface area contributed by atoms with Crippen molar-refractivity contribution < 1.29 is 28.8 Å². The van der Waals surface area contributed by atoms with Gasteiger partial charge in [-0.3, -0.25) is 28.8 Å². The van der Waals surface area contributed by atoms with Crippen molar-refractivity contribution in [1.82, 2.24) is 36.4 Å². The molecule has 0 spiro atoms. The van der Waals surface area contributed by atoms with Crippen LogP contribution >= 0.6 is 22.6 Å². The Morgan fingerprint density at radius 2 is 0.985 bits per heavy atom. The Hall–Kier alpha value is -6.09. The summed E-state index contributed by atoms with van der Waals surface area (Å²) in [4.78, 5) is 86.7. The maximum absolute atomic E-state index is 14.4. The van der Waals surface area contributed by atoms with Crippen LogP contribution in [0.25, 0.3) is 22.3 Å². The minimum absolute atomic E-state index is 0.0450. The van der Waals surface area contributed by atoms with Crippen molar-refractivity contribution in [3.05, 3.63) is 119 Å². The zero-order valence-corrected chi connectivity index (χ0v) is 39.2. The minimum atomic E-state index is -1.12. The molecule has 4 aromatic carbocycles. The number of hydrogen-bond acceptors (Lipinski definition) is 8. The first-order valence-electron chi connectivity index (χ1n) is 22.7. The molecular weight excluding hydrogens is 948 g/mol. The fourth-order valence-corrected chi connectivity index (χ4v) is 9.83. The topological polar surface area (TPSA) is 195 Å². The molecule has 6 amide bonds. The van der Waals surface area contributed by atoms with E-state index in [0.29, 0.717) is 38.8 Å². The Labute approximate surface area is 398 Å². The molecule has 0 aromatic heterocycles. The zero-order chi connectivity index (χ0) is 46.5. The first-order valence-corrected chi connectivity index (χ1v) is 23.9. The molecule has 0 bridgehead atoms. The summed E-state index contributed by atoms with van der Waals surface area (Å²) in [5.74, 6) is 3.68. The summed E-state index contributed by atoms with van der Waals surface area (Å²) < 4.78 is -0.624. The highest BCUT2D eigenvalue weighted by Crippen LogP contribution is 2.44. The zero-order valence-electron chi connectivity index (χ0n) is 37.0. The fraction of sp³-hybridized carbons (Fsp3) is 0.373. The number of nitrogens with two attached hydrogens (primary N) is 1. The van der Waals surface area contributed by atoms with E-state index in [9.17, 15) is 28.8 Å². The number of hydrogen-bond donors (Lipinski definition) is 6. The van der Waals surface area contributed by atoms with Gasteiger partial charge in [0.15, 0.2) is 0 Å².